The van der Waals surface area contributed by atoms with Crippen LogP contribution in [0.15, 0.2) is 235 Å². The lowest BCUT2D eigenvalue weighted by Crippen LogP contribution is -2.74. The highest BCUT2D eigenvalue weighted by molar-refractivity contribution is 7.19. The molecule has 3 aromatic heterocycles. The molecule has 0 aliphatic heterocycles. The van der Waals surface area contributed by atoms with Crippen LogP contribution < -0.4 is 20.7 Å². The van der Waals surface area contributed by atoms with E-state index in [4.69, 9.17) is 4.42 Å². The van der Waals surface area contributed by atoms with E-state index in [0.29, 0.717) is 0 Å². The van der Waals surface area contributed by atoms with Crippen LogP contribution in [0.2, 0.25) is 0 Å². The van der Waals surface area contributed by atoms with Crippen molar-refractivity contribution in [1.82, 2.24) is 9.13 Å². The summed E-state index contributed by atoms with van der Waals surface area (Å²) in [7, 11) is -2.72. The summed E-state index contributed by atoms with van der Waals surface area (Å²) in [6.45, 7) is 0. The Morgan fingerprint density at radius 3 is 1.50 bits per heavy atom. The molecular weight excluding hydrogens is 745 g/mol. The molecule has 282 valence electrons. The van der Waals surface area contributed by atoms with Gasteiger partial charge < -0.3 is 8.98 Å². The number of fused-ring (bicyclic) bond motifs is 8. The molecule has 3 heterocycles. The summed E-state index contributed by atoms with van der Waals surface area (Å²) < 4.78 is 11.2. The first-order valence-electron chi connectivity index (χ1n) is 20.6. The molecule has 9 aromatic carbocycles. The lowest BCUT2D eigenvalue weighted by molar-refractivity contribution is 0.645. The van der Waals surface area contributed by atoms with Crippen molar-refractivity contribution in [2.45, 2.75) is 0 Å². The van der Waals surface area contributed by atoms with Gasteiger partial charge in [0.05, 0.1) is 21.9 Å². The normalized spacial score (nSPS) is 12.0. The minimum atomic E-state index is -2.72. The molecule has 12 aromatic rings. The summed E-state index contributed by atoms with van der Waals surface area (Å²) in [4.78, 5) is 0. The Kier molecular flexibility index (Phi) is 7.87. The second-order valence-corrected chi connectivity index (χ2v) is 19.5. The van der Waals surface area contributed by atoms with E-state index < -0.39 is 8.07 Å². The summed E-state index contributed by atoms with van der Waals surface area (Å²) in [5.74, 6) is 0. The van der Waals surface area contributed by atoms with Gasteiger partial charge in [-0.05, 0) is 86.5 Å². The molecule has 60 heavy (non-hydrogen) atoms. The van der Waals surface area contributed by atoms with Gasteiger partial charge in [-0.2, -0.15) is 0 Å². The number of aromatic nitrogens is 2. The van der Waals surface area contributed by atoms with Crippen molar-refractivity contribution in [3.05, 3.63) is 231 Å². The number of nitrogens with zero attached hydrogens (tertiary/aromatic N) is 2. The third-order valence-corrected chi connectivity index (χ3v) is 17.3. The van der Waals surface area contributed by atoms with Gasteiger partial charge in [-0.3, -0.25) is 4.57 Å². The fourth-order valence-corrected chi connectivity index (χ4v) is 14.7. The summed E-state index contributed by atoms with van der Waals surface area (Å²) in [6, 6.07) is 84.4. The average Bonchev–Trinajstić information content (AvgIpc) is 3.97. The Balaban J connectivity index is 0.999. The van der Waals surface area contributed by atoms with Crippen molar-refractivity contribution in [1.29, 1.82) is 0 Å². The zero-order valence-electron chi connectivity index (χ0n) is 32.7. The van der Waals surface area contributed by atoms with Crippen LogP contribution in [0.5, 0.6) is 0 Å². The molecule has 0 unspecified atom stereocenters. The molecule has 0 atom stereocenters. The van der Waals surface area contributed by atoms with E-state index >= 15 is 0 Å². The number of hydrogen-bond acceptors (Lipinski definition) is 1. The first kappa shape index (κ1) is 34.4. The Hall–Kier alpha value is -7.66. The molecule has 0 fully saturated rings. The maximum absolute atomic E-state index is 6.52. The molecule has 12 rings (SSSR count). The van der Waals surface area contributed by atoms with E-state index in [1.165, 1.54) is 59.1 Å². The molecule has 0 aliphatic rings. The van der Waals surface area contributed by atoms with Gasteiger partial charge in [0.25, 0.3) is 0 Å². The van der Waals surface area contributed by atoms with Gasteiger partial charge in [0, 0.05) is 32.9 Å². The highest BCUT2D eigenvalue weighted by Crippen LogP contribution is 2.40. The molecule has 0 saturated carbocycles. The smallest absolute Gasteiger partial charge is 0.213 e. The topological polar surface area (TPSA) is 23.0 Å². The summed E-state index contributed by atoms with van der Waals surface area (Å²) in [6.07, 6.45) is 0. The van der Waals surface area contributed by atoms with Crippen molar-refractivity contribution in [3.63, 3.8) is 0 Å². The molecular formula is C56H38N2OSi. The molecule has 0 radical (unpaired) electrons. The Morgan fingerprint density at radius 1 is 0.317 bits per heavy atom. The zero-order chi connectivity index (χ0) is 39.6. The monoisotopic (exact) mass is 782 g/mol. The molecule has 0 aliphatic carbocycles. The van der Waals surface area contributed by atoms with Gasteiger partial charge in [-0.25, -0.2) is 0 Å². The van der Waals surface area contributed by atoms with Gasteiger partial charge in [0.1, 0.15) is 5.58 Å². The van der Waals surface area contributed by atoms with Crippen LogP contribution in [0.25, 0.3) is 77.3 Å². The van der Waals surface area contributed by atoms with Crippen LogP contribution in [-0.2, 0) is 0 Å². The van der Waals surface area contributed by atoms with Crippen LogP contribution in [0.4, 0.5) is 0 Å². The fraction of sp³-hybridized carbons (Fsp3) is 0. The van der Waals surface area contributed by atoms with Crippen molar-refractivity contribution < 1.29 is 4.42 Å². The highest BCUT2D eigenvalue weighted by Gasteiger charge is 2.41. The Labute approximate surface area is 348 Å². The lowest BCUT2D eigenvalue weighted by atomic mass is 10.0. The SMILES string of the molecule is c1ccc([Si](c2ccccc2)(c2ccccc2)c2cccc(-n3c4ccccc4c4cc(-c5ccc(-n6c7ccccc7c7c8ccccc8oc76)cc5)ccc43)c2)cc1. The molecule has 0 N–H and O–H groups in total. The maximum atomic E-state index is 6.52. The Morgan fingerprint density at radius 2 is 0.833 bits per heavy atom. The van der Waals surface area contributed by atoms with E-state index in [0.717, 1.165) is 39.0 Å². The number of rotatable bonds is 7. The number of hydrogen-bond donors (Lipinski definition) is 0. The summed E-state index contributed by atoms with van der Waals surface area (Å²) in [5, 5.41) is 11.4. The van der Waals surface area contributed by atoms with Crippen molar-refractivity contribution >= 4 is 83.6 Å². The second kappa shape index (κ2) is 13.7. The quantitative estimate of drug-likeness (QED) is 0.117. The van der Waals surface area contributed by atoms with E-state index in [1.807, 2.05) is 6.07 Å². The summed E-state index contributed by atoms with van der Waals surface area (Å²) in [5.41, 5.74) is 9.88. The Bertz CT molecular complexity index is 3430. The first-order chi connectivity index (χ1) is 29.8. The zero-order valence-corrected chi connectivity index (χ0v) is 33.7. The third-order valence-electron chi connectivity index (χ3n) is 12.5. The standard InChI is InChI=1S/C56H38N2OSi/c1-4-18-43(19-5-1)60(44-20-6-2-7-21-44,45-22-8-3-9-23-45)46-24-16-17-42(38-46)57-51-28-13-10-25-47(51)50-37-40(33-36-53(50)57)39-31-34-41(35-32-39)58-52-29-14-11-26-48(52)55-49-27-12-15-30-54(49)59-56(55)58/h1-38H. The van der Waals surface area contributed by atoms with Crippen molar-refractivity contribution in [2.75, 3.05) is 0 Å². The van der Waals surface area contributed by atoms with Crippen LogP contribution in [0, 0.1) is 0 Å². The predicted molar refractivity (Wildman–Crippen MR) is 254 cm³/mol. The molecule has 4 heteroatoms. The van der Waals surface area contributed by atoms with Gasteiger partial charge >= 0.3 is 0 Å². The van der Waals surface area contributed by atoms with E-state index in [2.05, 4.69) is 234 Å². The number of para-hydroxylation sites is 3. The van der Waals surface area contributed by atoms with Gasteiger partial charge in [0.2, 0.25) is 5.71 Å². The molecule has 0 spiro atoms. The second-order valence-electron chi connectivity index (χ2n) is 15.7. The van der Waals surface area contributed by atoms with Crippen LogP contribution in [0.3, 0.4) is 0 Å². The molecule has 0 saturated heterocycles. The molecule has 0 bridgehead atoms. The maximum Gasteiger partial charge on any atom is 0.213 e. The van der Waals surface area contributed by atoms with Crippen LogP contribution >= 0.6 is 0 Å². The summed E-state index contributed by atoms with van der Waals surface area (Å²) >= 11 is 0. The average molecular weight is 783 g/mol. The minimum absolute atomic E-state index is 0.875. The first-order valence-corrected chi connectivity index (χ1v) is 22.6. The highest BCUT2D eigenvalue weighted by atomic mass is 28.3. The van der Waals surface area contributed by atoms with E-state index in [-0.39, 0.29) is 0 Å². The fourth-order valence-electron chi connectivity index (χ4n) is 9.87. The van der Waals surface area contributed by atoms with Crippen LogP contribution in [0.1, 0.15) is 0 Å². The van der Waals surface area contributed by atoms with Gasteiger partial charge in [-0.15, -0.1) is 0 Å². The van der Waals surface area contributed by atoms with Gasteiger partial charge in [-0.1, -0.05) is 176 Å². The molecule has 3 nitrogen and oxygen atoms in total. The minimum Gasteiger partial charge on any atom is -0.439 e. The molecule has 0 amide bonds. The third kappa shape index (κ3) is 5.14. The predicted octanol–water partition coefficient (Wildman–Crippen LogP) is 11.7. The number of benzene rings is 9. The van der Waals surface area contributed by atoms with Crippen molar-refractivity contribution in [2.24, 2.45) is 0 Å². The van der Waals surface area contributed by atoms with E-state index in [9.17, 15) is 0 Å². The lowest BCUT2D eigenvalue weighted by Gasteiger charge is -2.34. The van der Waals surface area contributed by atoms with Crippen molar-refractivity contribution in [3.8, 4) is 22.5 Å². The number of furan rings is 1. The van der Waals surface area contributed by atoms with Crippen LogP contribution in [-0.4, -0.2) is 17.2 Å². The van der Waals surface area contributed by atoms with E-state index in [1.54, 1.807) is 0 Å². The van der Waals surface area contributed by atoms with Gasteiger partial charge in [0.15, 0.2) is 8.07 Å². The largest absolute Gasteiger partial charge is 0.439 e.